The van der Waals surface area contributed by atoms with Gasteiger partial charge in [-0.25, -0.2) is 13.6 Å². The van der Waals surface area contributed by atoms with Crippen LogP contribution < -0.4 is 5.32 Å². The van der Waals surface area contributed by atoms with Crippen molar-refractivity contribution >= 4 is 11.9 Å². The first-order valence-corrected chi connectivity index (χ1v) is 6.84. The number of carbonyl (C=O) groups excluding carboxylic acids is 2. The largest absolute Gasteiger partial charge is 0.467 e. The first-order valence-electron chi connectivity index (χ1n) is 6.84. The molecule has 21 heavy (non-hydrogen) atoms. The smallest absolute Gasteiger partial charge is 0.331 e. The number of hydrogen-bond acceptors (Lipinski definition) is 3. The molecule has 1 aliphatic rings. The van der Waals surface area contributed by atoms with Crippen LogP contribution in [0.4, 0.5) is 8.78 Å². The summed E-state index contributed by atoms with van der Waals surface area (Å²) >= 11 is 0. The predicted molar refractivity (Wildman–Crippen MR) is 71.7 cm³/mol. The molecule has 1 N–H and O–H groups in total. The Morgan fingerprint density at radius 1 is 1.19 bits per heavy atom. The molecule has 1 aromatic carbocycles. The molecule has 1 amide bonds. The number of halogens is 2. The zero-order valence-electron chi connectivity index (χ0n) is 11.7. The van der Waals surface area contributed by atoms with Gasteiger partial charge in [-0.15, -0.1) is 0 Å². The molecule has 4 nitrogen and oxygen atoms in total. The van der Waals surface area contributed by atoms with E-state index in [-0.39, 0.29) is 5.56 Å². The topological polar surface area (TPSA) is 55.4 Å². The fourth-order valence-corrected chi connectivity index (χ4v) is 2.69. The third-order valence-electron chi connectivity index (χ3n) is 3.81. The number of benzene rings is 1. The lowest BCUT2D eigenvalue weighted by atomic mass is 9.81. The number of ether oxygens (including phenoxy) is 1. The van der Waals surface area contributed by atoms with Crippen molar-refractivity contribution in [2.24, 2.45) is 0 Å². The van der Waals surface area contributed by atoms with Crippen molar-refractivity contribution in [2.75, 3.05) is 7.11 Å². The third-order valence-corrected chi connectivity index (χ3v) is 3.81. The van der Waals surface area contributed by atoms with Crippen LogP contribution in [0, 0.1) is 11.6 Å². The Morgan fingerprint density at radius 3 is 2.43 bits per heavy atom. The minimum atomic E-state index is -1.12. The van der Waals surface area contributed by atoms with Gasteiger partial charge in [-0.1, -0.05) is 19.3 Å². The molecule has 2 rings (SSSR count). The molecule has 0 aliphatic heterocycles. The van der Waals surface area contributed by atoms with Crippen molar-refractivity contribution in [3.8, 4) is 0 Å². The van der Waals surface area contributed by atoms with Crippen molar-refractivity contribution in [3.05, 3.63) is 35.4 Å². The van der Waals surface area contributed by atoms with Crippen LogP contribution in [0.3, 0.4) is 0 Å². The second-order valence-corrected chi connectivity index (χ2v) is 5.21. The van der Waals surface area contributed by atoms with E-state index >= 15 is 0 Å². The second kappa shape index (κ2) is 6.20. The van der Waals surface area contributed by atoms with Crippen LogP contribution >= 0.6 is 0 Å². The Bertz CT molecular complexity index is 554. The van der Waals surface area contributed by atoms with Crippen LogP contribution in [0.15, 0.2) is 18.2 Å². The molecule has 1 fully saturated rings. The number of hydrogen-bond donors (Lipinski definition) is 1. The fourth-order valence-electron chi connectivity index (χ4n) is 2.69. The van der Waals surface area contributed by atoms with Crippen LogP contribution in [-0.2, 0) is 9.53 Å². The highest BCUT2D eigenvalue weighted by molar-refractivity contribution is 5.98. The number of methoxy groups -OCH3 is 1. The number of nitrogens with one attached hydrogen (secondary N) is 1. The molecule has 0 atom stereocenters. The summed E-state index contributed by atoms with van der Waals surface area (Å²) in [4.78, 5) is 24.2. The van der Waals surface area contributed by atoms with E-state index in [1.807, 2.05) is 0 Å². The van der Waals surface area contributed by atoms with Gasteiger partial charge in [0.1, 0.15) is 17.2 Å². The third kappa shape index (κ3) is 3.20. The van der Waals surface area contributed by atoms with E-state index in [0.29, 0.717) is 18.9 Å². The summed E-state index contributed by atoms with van der Waals surface area (Å²) in [6.45, 7) is 0. The summed E-state index contributed by atoms with van der Waals surface area (Å²) in [7, 11) is 1.25. The van der Waals surface area contributed by atoms with Gasteiger partial charge in [0.15, 0.2) is 0 Å². The van der Waals surface area contributed by atoms with E-state index in [0.717, 1.165) is 31.4 Å². The van der Waals surface area contributed by atoms with E-state index in [4.69, 9.17) is 4.74 Å². The van der Waals surface area contributed by atoms with E-state index in [2.05, 4.69) is 5.32 Å². The molecule has 0 unspecified atom stereocenters. The summed E-state index contributed by atoms with van der Waals surface area (Å²) in [6, 6.07) is 2.71. The van der Waals surface area contributed by atoms with Gasteiger partial charge < -0.3 is 10.1 Å². The SMILES string of the molecule is COC(=O)C1(NC(=O)c2ccc(F)cc2F)CCCCC1. The molecular weight excluding hydrogens is 280 g/mol. The monoisotopic (exact) mass is 297 g/mol. The van der Waals surface area contributed by atoms with Gasteiger partial charge in [-0.2, -0.15) is 0 Å². The molecule has 114 valence electrons. The molecule has 0 aromatic heterocycles. The fraction of sp³-hybridized carbons (Fsp3) is 0.467. The zero-order valence-corrected chi connectivity index (χ0v) is 11.7. The van der Waals surface area contributed by atoms with Crippen LogP contribution in [0.5, 0.6) is 0 Å². The number of rotatable bonds is 3. The maximum Gasteiger partial charge on any atom is 0.331 e. The highest BCUT2D eigenvalue weighted by Crippen LogP contribution is 2.30. The van der Waals surface area contributed by atoms with E-state index in [9.17, 15) is 18.4 Å². The summed E-state index contributed by atoms with van der Waals surface area (Å²) in [5, 5.41) is 2.58. The molecule has 1 saturated carbocycles. The Hall–Kier alpha value is -1.98. The van der Waals surface area contributed by atoms with Crippen molar-refractivity contribution in [3.63, 3.8) is 0 Å². The summed E-state index contributed by atoms with van der Waals surface area (Å²) < 4.78 is 31.3. The summed E-state index contributed by atoms with van der Waals surface area (Å²) in [6.07, 6.45) is 3.44. The average molecular weight is 297 g/mol. The van der Waals surface area contributed by atoms with Gasteiger partial charge in [0.25, 0.3) is 5.91 Å². The first-order chi connectivity index (χ1) is 9.98. The molecule has 6 heteroatoms. The van der Waals surface area contributed by atoms with Crippen LogP contribution in [0.25, 0.3) is 0 Å². The Kier molecular flexibility index (Phi) is 4.55. The lowest BCUT2D eigenvalue weighted by molar-refractivity contribution is -0.149. The zero-order chi connectivity index (χ0) is 15.5. The molecule has 0 saturated heterocycles. The molecule has 1 aromatic rings. The Balaban J connectivity index is 2.24. The van der Waals surface area contributed by atoms with Crippen LogP contribution in [-0.4, -0.2) is 24.5 Å². The van der Waals surface area contributed by atoms with Crippen LogP contribution in [0.2, 0.25) is 0 Å². The number of esters is 1. The van der Waals surface area contributed by atoms with E-state index in [1.54, 1.807) is 0 Å². The van der Waals surface area contributed by atoms with Gasteiger partial charge in [-0.3, -0.25) is 4.79 Å². The van der Waals surface area contributed by atoms with Crippen molar-refractivity contribution in [1.29, 1.82) is 0 Å². The minimum Gasteiger partial charge on any atom is -0.467 e. The van der Waals surface area contributed by atoms with Gasteiger partial charge in [0.2, 0.25) is 0 Å². The maximum atomic E-state index is 13.6. The Labute approximate surface area is 121 Å². The molecule has 0 spiro atoms. The van der Waals surface area contributed by atoms with Crippen molar-refractivity contribution in [2.45, 2.75) is 37.6 Å². The van der Waals surface area contributed by atoms with Crippen LogP contribution in [0.1, 0.15) is 42.5 Å². The number of amides is 1. The first kappa shape index (κ1) is 15.4. The second-order valence-electron chi connectivity index (χ2n) is 5.21. The van der Waals surface area contributed by atoms with Crippen molar-refractivity contribution in [1.82, 2.24) is 5.32 Å². The molecule has 0 radical (unpaired) electrons. The highest BCUT2D eigenvalue weighted by atomic mass is 19.1. The van der Waals surface area contributed by atoms with Gasteiger partial charge in [0.05, 0.1) is 12.7 Å². The van der Waals surface area contributed by atoms with E-state index in [1.165, 1.54) is 7.11 Å². The molecule has 1 aliphatic carbocycles. The number of carbonyl (C=O) groups is 2. The van der Waals surface area contributed by atoms with E-state index < -0.39 is 29.0 Å². The molecular formula is C15H17F2NO3. The lowest BCUT2D eigenvalue weighted by Gasteiger charge is -2.35. The minimum absolute atomic E-state index is 0.287. The lowest BCUT2D eigenvalue weighted by Crippen LogP contribution is -2.56. The van der Waals surface area contributed by atoms with Gasteiger partial charge in [0, 0.05) is 6.07 Å². The quantitative estimate of drug-likeness (QED) is 0.872. The van der Waals surface area contributed by atoms with Crippen molar-refractivity contribution < 1.29 is 23.1 Å². The Morgan fingerprint density at radius 2 is 1.86 bits per heavy atom. The summed E-state index contributed by atoms with van der Waals surface area (Å²) in [5.41, 5.74) is -1.41. The highest BCUT2D eigenvalue weighted by Gasteiger charge is 2.42. The predicted octanol–water partition coefficient (Wildman–Crippen LogP) is 2.57. The standard InChI is InChI=1S/C15H17F2NO3/c1-21-14(20)15(7-3-2-4-8-15)18-13(19)11-6-5-10(16)9-12(11)17/h5-6,9H,2-4,7-8H2,1H3,(H,18,19). The average Bonchev–Trinajstić information content (AvgIpc) is 2.47. The molecule has 0 heterocycles. The molecule has 0 bridgehead atoms. The maximum absolute atomic E-state index is 13.6. The van der Waals surface area contributed by atoms with Gasteiger partial charge in [-0.05, 0) is 25.0 Å². The summed E-state index contributed by atoms with van der Waals surface area (Å²) in [5.74, 6) is -2.98. The van der Waals surface area contributed by atoms with Gasteiger partial charge >= 0.3 is 5.97 Å². The normalized spacial score (nSPS) is 17.1.